The standard InChI is InChI=1S/C25H22ClN3O/c1-14-24-22(15(2)30)27-13-29(24)21-8-7-17(25-10-16(11-25)12-25)9-19(21)23(28-14)18-5-3-4-6-20(18)26/h3-9,13-14,16H,10-12H2,1-2H3/t14-,16?,25?/m0/s1. The summed E-state index contributed by atoms with van der Waals surface area (Å²) < 4.78 is 2.04. The summed E-state index contributed by atoms with van der Waals surface area (Å²) in [4.78, 5) is 21.8. The highest BCUT2D eigenvalue weighted by atomic mass is 35.5. The molecule has 4 aliphatic rings. The van der Waals surface area contributed by atoms with Gasteiger partial charge in [0.25, 0.3) is 0 Å². The van der Waals surface area contributed by atoms with E-state index in [0.717, 1.165) is 34.1 Å². The lowest BCUT2D eigenvalue weighted by Crippen LogP contribution is -2.55. The Labute approximate surface area is 180 Å². The van der Waals surface area contributed by atoms with Crippen molar-refractivity contribution in [2.75, 3.05) is 0 Å². The van der Waals surface area contributed by atoms with E-state index in [0.29, 0.717) is 16.1 Å². The van der Waals surface area contributed by atoms with Crippen LogP contribution in [-0.4, -0.2) is 21.0 Å². The molecule has 5 heteroatoms. The highest BCUT2D eigenvalue weighted by molar-refractivity contribution is 6.35. The summed E-state index contributed by atoms with van der Waals surface area (Å²) in [5.74, 6) is 0.873. The minimum atomic E-state index is -0.219. The van der Waals surface area contributed by atoms with E-state index in [9.17, 15) is 4.79 Å². The van der Waals surface area contributed by atoms with Crippen molar-refractivity contribution in [2.24, 2.45) is 10.9 Å². The molecule has 0 N–H and O–H groups in total. The summed E-state index contributed by atoms with van der Waals surface area (Å²) >= 11 is 6.61. The number of rotatable bonds is 3. The zero-order valence-corrected chi connectivity index (χ0v) is 17.8. The van der Waals surface area contributed by atoms with Gasteiger partial charge >= 0.3 is 0 Å². The highest BCUT2D eigenvalue weighted by Gasteiger charge is 2.57. The Bertz CT molecular complexity index is 1240. The second-order valence-electron chi connectivity index (χ2n) is 9.03. The first kappa shape index (κ1) is 18.1. The van der Waals surface area contributed by atoms with Crippen LogP contribution in [-0.2, 0) is 5.41 Å². The average molecular weight is 416 g/mol. The molecule has 1 aromatic heterocycles. The number of hydrogen-bond acceptors (Lipinski definition) is 3. The van der Waals surface area contributed by atoms with Gasteiger partial charge in [0.2, 0.25) is 0 Å². The van der Waals surface area contributed by atoms with Gasteiger partial charge in [-0.05, 0) is 61.3 Å². The van der Waals surface area contributed by atoms with Gasteiger partial charge in [-0.15, -0.1) is 0 Å². The fourth-order valence-electron chi connectivity index (χ4n) is 5.51. The number of Topliss-reactive ketones (excluding diaryl/α,β-unsaturated/α-hetero) is 1. The maximum Gasteiger partial charge on any atom is 0.180 e. The summed E-state index contributed by atoms with van der Waals surface area (Å²) in [7, 11) is 0. The van der Waals surface area contributed by atoms with Crippen molar-refractivity contribution < 1.29 is 4.79 Å². The molecule has 0 amide bonds. The number of ketones is 1. The van der Waals surface area contributed by atoms with E-state index >= 15 is 0 Å². The Morgan fingerprint density at radius 1 is 1.13 bits per heavy atom. The van der Waals surface area contributed by atoms with E-state index in [1.165, 1.54) is 24.8 Å². The van der Waals surface area contributed by atoms with Crippen molar-refractivity contribution in [2.45, 2.75) is 44.6 Å². The quantitative estimate of drug-likeness (QED) is 0.516. The van der Waals surface area contributed by atoms with Crippen LogP contribution in [0.1, 0.15) is 72.0 Å². The smallest absolute Gasteiger partial charge is 0.180 e. The van der Waals surface area contributed by atoms with Crippen molar-refractivity contribution in [3.8, 4) is 5.69 Å². The van der Waals surface area contributed by atoms with Gasteiger partial charge in [0.15, 0.2) is 5.78 Å². The minimum absolute atomic E-state index is 0.0426. The van der Waals surface area contributed by atoms with Crippen LogP contribution in [0.2, 0.25) is 5.02 Å². The van der Waals surface area contributed by atoms with E-state index in [1.54, 1.807) is 13.3 Å². The molecule has 3 aromatic rings. The Morgan fingerprint density at radius 2 is 1.90 bits per heavy atom. The second kappa shape index (κ2) is 6.14. The number of nitrogens with zero attached hydrogens (tertiary/aromatic N) is 3. The van der Waals surface area contributed by atoms with E-state index in [-0.39, 0.29) is 11.8 Å². The van der Waals surface area contributed by atoms with Crippen LogP contribution < -0.4 is 0 Å². The average Bonchev–Trinajstić information content (AvgIpc) is 3.05. The van der Waals surface area contributed by atoms with Crippen LogP contribution in [0, 0.1) is 5.92 Å². The third-order valence-electron chi connectivity index (χ3n) is 7.15. The zero-order chi connectivity index (χ0) is 20.6. The molecule has 0 saturated heterocycles. The Hall–Kier alpha value is -2.72. The fourth-order valence-corrected chi connectivity index (χ4v) is 5.74. The predicted molar refractivity (Wildman–Crippen MR) is 118 cm³/mol. The largest absolute Gasteiger partial charge is 0.300 e. The zero-order valence-electron chi connectivity index (χ0n) is 17.0. The molecule has 3 fully saturated rings. The summed E-state index contributed by atoms with van der Waals surface area (Å²) in [5, 5.41) is 0.682. The molecule has 3 saturated carbocycles. The third-order valence-corrected chi connectivity index (χ3v) is 7.48. The molecule has 2 aromatic carbocycles. The molecule has 2 bridgehead atoms. The van der Waals surface area contributed by atoms with Crippen LogP contribution in [0.15, 0.2) is 53.8 Å². The molecule has 0 radical (unpaired) electrons. The molecule has 0 unspecified atom stereocenters. The van der Waals surface area contributed by atoms with Gasteiger partial charge < -0.3 is 0 Å². The third kappa shape index (κ3) is 2.37. The number of hydrogen-bond donors (Lipinski definition) is 0. The Kier molecular flexibility index (Phi) is 3.70. The van der Waals surface area contributed by atoms with Gasteiger partial charge in [-0.3, -0.25) is 14.4 Å². The van der Waals surface area contributed by atoms with Gasteiger partial charge in [0, 0.05) is 23.1 Å². The lowest BCUT2D eigenvalue weighted by molar-refractivity contribution is -0.0274. The normalized spacial score (nSPS) is 25.9. The Morgan fingerprint density at radius 3 is 2.57 bits per heavy atom. The van der Waals surface area contributed by atoms with Crippen molar-refractivity contribution in [3.05, 3.63) is 81.9 Å². The second-order valence-corrected chi connectivity index (χ2v) is 9.44. The maximum atomic E-state index is 12.2. The SMILES string of the molecule is CC(=O)c1ncn2c1[C@H](C)N=C(c1ccccc1Cl)c1cc(C34CC(C3)C4)ccc1-2. The number of carbonyl (C=O) groups excluding carboxylic acids is 1. The number of halogens is 1. The van der Waals surface area contributed by atoms with Gasteiger partial charge in [-0.2, -0.15) is 0 Å². The first-order valence-corrected chi connectivity index (χ1v) is 10.9. The van der Waals surface area contributed by atoms with Gasteiger partial charge in [-0.25, -0.2) is 4.98 Å². The number of carbonyl (C=O) groups is 1. The van der Waals surface area contributed by atoms with Crippen molar-refractivity contribution in [1.29, 1.82) is 0 Å². The Balaban J connectivity index is 1.63. The van der Waals surface area contributed by atoms with Crippen molar-refractivity contribution in [3.63, 3.8) is 0 Å². The van der Waals surface area contributed by atoms with Crippen molar-refractivity contribution in [1.82, 2.24) is 9.55 Å². The fraction of sp³-hybridized carbons (Fsp3) is 0.320. The molecule has 7 rings (SSSR count). The highest BCUT2D eigenvalue weighted by Crippen LogP contribution is 2.65. The summed E-state index contributed by atoms with van der Waals surface area (Å²) in [5.41, 5.74) is 6.94. The first-order chi connectivity index (χ1) is 14.5. The molecular weight excluding hydrogens is 394 g/mol. The number of benzene rings is 2. The first-order valence-electron chi connectivity index (χ1n) is 10.5. The molecule has 0 spiro atoms. The molecule has 3 aliphatic carbocycles. The topological polar surface area (TPSA) is 47.2 Å². The number of aromatic nitrogens is 2. The summed E-state index contributed by atoms with van der Waals surface area (Å²) in [6.45, 7) is 3.58. The molecular formula is C25H22ClN3O. The lowest BCUT2D eigenvalue weighted by atomic mass is 9.42. The summed E-state index contributed by atoms with van der Waals surface area (Å²) in [6, 6.07) is 14.4. The molecule has 4 nitrogen and oxygen atoms in total. The molecule has 2 heterocycles. The van der Waals surface area contributed by atoms with Gasteiger partial charge in [0.05, 0.1) is 23.1 Å². The van der Waals surface area contributed by atoms with Crippen LogP contribution in [0.25, 0.3) is 5.69 Å². The van der Waals surface area contributed by atoms with Gasteiger partial charge in [0.1, 0.15) is 12.0 Å². The predicted octanol–water partition coefficient (Wildman–Crippen LogP) is 5.69. The van der Waals surface area contributed by atoms with Crippen LogP contribution in [0.5, 0.6) is 0 Å². The molecule has 1 atom stereocenters. The van der Waals surface area contributed by atoms with E-state index in [2.05, 4.69) is 23.2 Å². The number of aliphatic imine (C=N–C) groups is 1. The molecule has 30 heavy (non-hydrogen) atoms. The molecule has 1 aliphatic heterocycles. The maximum absolute atomic E-state index is 12.2. The van der Waals surface area contributed by atoms with Crippen molar-refractivity contribution >= 4 is 23.1 Å². The van der Waals surface area contributed by atoms with Crippen LogP contribution >= 0.6 is 11.6 Å². The van der Waals surface area contributed by atoms with E-state index in [4.69, 9.17) is 16.6 Å². The minimum Gasteiger partial charge on any atom is -0.300 e. The lowest BCUT2D eigenvalue weighted by Gasteiger charge is -2.62. The van der Waals surface area contributed by atoms with E-state index < -0.39 is 0 Å². The summed E-state index contributed by atoms with van der Waals surface area (Å²) in [6.07, 6.45) is 5.65. The van der Waals surface area contributed by atoms with Crippen LogP contribution in [0.4, 0.5) is 0 Å². The van der Waals surface area contributed by atoms with Gasteiger partial charge in [-0.1, -0.05) is 35.9 Å². The molecule has 150 valence electrons. The van der Waals surface area contributed by atoms with E-state index in [1.807, 2.05) is 35.8 Å². The number of imidazole rings is 1. The van der Waals surface area contributed by atoms with Crippen LogP contribution in [0.3, 0.4) is 0 Å². The number of fused-ring (bicyclic) bond motifs is 3. The monoisotopic (exact) mass is 415 g/mol.